The van der Waals surface area contributed by atoms with Gasteiger partial charge in [-0.05, 0) is 42.5 Å². The summed E-state index contributed by atoms with van der Waals surface area (Å²) in [4.78, 5) is 0. The summed E-state index contributed by atoms with van der Waals surface area (Å²) < 4.78 is 0. The van der Waals surface area contributed by atoms with Gasteiger partial charge in [0.05, 0.1) is 0 Å². The molecule has 0 atom stereocenters. The molecule has 0 aliphatic carbocycles. The Hall–Kier alpha value is -1.31. The summed E-state index contributed by atoms with van der Waals surface area (Å²) in [7, 11) is 0. The van der Waals surface area contributed by atoms with Crippen molar-refractivity contribution in [2.45, 2.75) is 25.7 Å². The molecule has 0 unspecified atom stereocenters. The quantitative estimate of drug-likeness (QED) is 0.775. The Kier molecular flexibility index (Phi) is 7.24. The zero-order valence-electron chi connectivity index (χ0n) is 11.2. The van der Waals surface area contributed by atoms with Gasteiger partial charge in [-0.2, -0.15) is 0 Å². The van der Waals surface area contributed by atoms with Crippen molar-refractivity contribution < 1.29 is 0 Å². The Labute approximate surface area is 122 Å². The number of halogens is 1. The van der Waals surface area contributed by atoms with Gasteiger partial charge in [-0.25, -0.2) is 0 Å². The monoisotopic (exact) mass is 275 g/mol. The highest BCUT2D eigenvalue weighted by atomic mass is 35.5. The van der Waals surface area contributed by atoms with Gasteiger partial charge >= 0.3 is 0 Å². The van der Waals surface area contributed by atoms with E-state index in [1.165, 1.54) is 29.5 Å². The Morgan fingerprint density at radius 1 is 0.684 bits per heavy atom. The van der Waals surface area contributed by atoms with E-state index >= 15 is 0 Å². The van der Waals surface area contributed by atoms with Crippen LogP contribution < -0.4 is 5.73 Å². The minimum atomic E-state index is 0. The average Bonchev–Trinajstić information content (AvgIpc) is 2.45. The predicted octanol–water partition coefficient (Wildman–Crippen LogP) is 4.45. The van der Waals surface area contributed by atoms with E-state index in [2.05, 4.69) is 54.6 Å². The van der Waals surface area contributed by atoms with E-state index in [9.17, 15) is 0 Å². The molecule has 19 heavy (non-hydrogen) atoms. The maximum atomic E-state index is 5.49. The Morgan fingerprint density at radius 3 is 1.95 bits per heavy atom. The minimum Gasteiger partial charge on any atom is -0.330 e. The van der Waals surface area contributed by atoms with Crippen LogP contribution in [0.1, 0.15) is 24.8 Å². The third kappa shape index (κ3) is 5.06. The summed E-state index contributed by atoms with van der Waals surface area (Å²) in [6.07, 6.45) is 4.77. The molecule has 2 aromatic carbocycles. The lowest BCUT2D eigenvalue weighted by molar-refractivity contribution is 0.686. The first-order valence-electron chi connectivity index (χ1n) is 6.74. The molecule has 0 aliphatic rings. The lowest BCUT2D eigenvalue weighted by Gasteiger charge is -2.04. The third-order valence-electron chi connectivity index (χ3n) is 3.23. The molecular formula is C17H22ClN. The van der Waals surface area contributed by atoms with Gasteiger partial charge in [-0.3, -0.25) is 0 Å². The van der Waals surface area contributed by atoms with Crippen molar-refractivity contribution in [3.63, 3.8) is 0 Å². The van der Waals surface area contributed by atoms with Gasteiger partial charge in [-0.15, -0.1) is 12.4 Å². The van der Waals surface area contributed by atoms with Gasteiger partial charge in [0.15, 0.2) is 0 Å². The molecule has 0 fully saturated rings. The minimum absolute atomic E-state index is 0. The number of aryl methyl sites for hydroxylation is 1. The molecule has 0 aromatic heterocycles. The van der Waals surface area contributed by atoms with Gasteiger partial charge in [0.25, 0.3) is 0 Å². The number of rotatable bonds is 6. The second kappa shape index (κ2) is 8.73. The molecule has 0 spiro atoms. The highest BCUT2D eigenvalue weighted by Crippen LogP contribution is 2.19. The molecule has 0 saturated heterocycles. The summed E-state index contributed by atoms with van der Waals surface area (Å²) in [5, 5.41) is 0. The standard InChI is InChI=1S/C17H21N.ClH/c18-14-6-2-3-7-15-10-12-17(13-11-15)16-8-4-1-5-9-16;/h1,4-5,8-13H,2-3,6-7,14,18H2;1H. The lowest BCUT2D eigenvalue weighted by atomic mass is 10.0. The van der Waals surface area contributed by atoms with Gasteiger partial charge < -0.3 is 5.73 Å². The zero-order valence-corrected chi connectivity index (χ0v) is 12.0. The molecule has 0 amide bonds. The van der Waals surface area contributed by atoms with E-state index in [1.807, 2.05) is 0 Å². The van der Waals surface area contributed by atoms with Crippen LogP contribution in [0.15, 0.2) is 54.6 Å². The van der Waals surface area contributed by atoms with E-state index in [0.29, 0.717) is 0 Å². The first-order valence-corrected chi connectivity index (χ1v) is 6.74. The lowest BCUT2D eigenvalue weighted by Crippen LogP contribution is -1.98. The molecule has 0 bridgehead atoms. The molecule has 0 saturated carbocycles. The number of unbranched alkanes of at least 4 members (excludes halogenated alkanes) is 2. The first kappa shape index (κ1) is 15.7. The molecule has 0 heterocycles. The van der Waals surface area contributed by atoms with Gasteiger partial charge in [0, 0.05) is 0 Å². The van der Waals surface area contributed by atoms with E-state index < -0.39 is 0 Å². The van der Waals surface area contributed by atoms with Crippen molar-refractivity contribution in [2.24, 2.45) is 5.73 Å². The fourth-order valence-electron chi connectivity index (χ4n) is 2.14. The van der Waals surface area contributed by atoms with Crippen molar-refractivity contribution in [3.05, 3.63) is 60.2 Å². The number of nitrogens with two attached hydrogens (primary N) is 1. The van der Waals surface area contributed by atoms with Crippen molar-refractivity contribution >= 4 is 12.4 Å². The van der Waals surface area contributed by atoms with Gasteiger partial charge in [0.1, 0.15) is 0 Å². The van der Waals surface area contributed by atoms with Crippen molar-refractivity contribution in [1.29, 1.82) is 0 Å². The summed E-state index contributed by atoms with van der Waals surface area (Å²) in [5.74, 6) is 0. The average molecular weight is 276 g/mol. The molecule has 0 aliphatic heterocycles. The molecular weight excluding hydrogens is 254 g/mol. The van der Waals surface area contributed by atoms with Crippen LogP contribution in [0.25, 0.3) is 11.1 Å². The molecule has 2 heteroatoms. The second-order valence-corrected chi connectivity index (χ2v) is 4.66. The molecule has 2 N–H and O–H groups in total. The molecule has 2 aromatic rings. The van der Waals surface area contributed by atoms with Crippen molar-refractivity contribution in [2.75, 3.05) is 6.54 Å². The van der Waals surface area contributed by atoms with Crippen LogP contribution in [0, 0.1) is 0 Å². The van der Waals surface area contributed by atoms with E-state index in [4.69, 9.17) is 5.73 Å². The summed E-state index contributed by atoms with van der Waals surface area (Å²) in [6.45, 7) is 0.812. The highest BCUT2D eigenvalue weighted by Gasteiger charge is 1.97. The largest absolute Gasteiger partial charge is 0.330 e. The van der Waals surface area contributed by atoms with Crippen molar-refractivity contribution in [1.82, 2.24) is 0 Å². The van der Waals surface area contributed by atoms with Crippen molar-refractivity contribution in [3.8, 4) is 11.1 Å². The number of hydrogen-bond acceptors (Lipinski definition) is 1. The van der Waals surface area contributed by atoms with E-state index in [-0.39, 0.29) is 12.4 Å². The third-order valence-corrected chi connectivity index (χ3v) is 3.23. The maximum Gasteiger partial charge on any atom is -0.00773 e. The smallest absolute Gasteiger partial charge is 0.00773 e. The summed E-state index contributed by atoms with van der Waals surface area (Å²) in [5.41, 5.74) is 9.49. The van der Waals surface area contributed by atoms with Crippen LogP contribution in [0.5, 0.6) is 0 Å². The summed E-state index contributed by atoms with van der Waals surface area (Å²) >= 11 is 0. The Bertz CT molecular complexity index is 450. The summed E-state index contributed by atoms with van der Waals surface area (Å²) in [6, 6.07) is 19.4. The molecule has 0 radical (unpaired) electrons. The first-order chi connectivity index (χ1) is 8.90. The fourth-order valence-corrected chi connectivity index (χ4v) is 2.14. The van der Waals surface area contributed by atoms with Crippen LogP contribution >= 0.6 is 12.4 Å². The highest BCUT2D eigenvalue weighted by molar-refractivity contribution is 5.85. The Balaban J connectivity index is 0.00000180. The van der Waals surface area contributed by atoms with Crippen LogP contribution in [0.3, 0.4) is 0 Å². The predicted molar refractivity (Wildman–Crippen MR) is 85.7 cm³/mol. The topological polar surface area (TPSA) is 26.0 Å². The number of hydrogen-bond donors (Lipinski definition) is 1. The maximum absolute atomic E-state index is 5.49. The van der Waals surface area contributed by atoms with E-state index in [1.54, 1.807) is 0 Å². The van der Waals surface area contributed by atoms with Crippen LogP contribution in [-0.2, 0) is 6.42 Å². The molecule has 102 valence electrons. The molecule has 1 nitrogen and oxygen atoms in total. The zero-order chi connectivity index (χ0) is 12.6. The normalized spacial score (nSPS) is 9.95. The van der Waals surface area contributed by atoms with E-state index in [0.717, 1.165) is 19.4 Å². The fraction of sp³-hybridized carbons (Fsp3) is 0.294. The van der Waals surface area contributed by atoms with Gasteiger partial charge in [-0.1, -0.05) is 61.0 Å². The van der Waals surface area contributed by atoms with Crippen LogP contribution in [0.4, 0.5) is 0 Å². The number of benzene rings is 2. The van der Waals surface area contributed by atoms with Gasteiger partial charge in [0.2, 0.25) is 0 Å². The SMILES string of the molecule is Cl.NCCCCCc1ccc(-c2ccccc2)cc1. The second-order valence-electron chi connectivity index (χ2n) is 4.66. The van der Waals surface area contributed by atoms with Crippen LogP contribution in [0.2, 0.25) is 0 Å². The Morgan fingerprint density at radius 2 is 1.32 bits per heavy atom. The van der Waals surface area contributed by atoms with Crippen LogP contribution in [-0.4, -0.2) is 6.54 Å². The molecule has 2 rings (SSSR count).